The number of rotatable bonds is 5. The zero-order chi connectivity index (χ0) is 15.5. The Hall–Kier alpha value is -1.65. The molecule has 0 aromatic heterocycles. The molecule has 0 spiro atoms. The van der Waals surface area contributed by atoms with Crippen LogP contribution in [0.15, 0.2) is 17.0 Å². The first kappa shape index (κ1) is 16.4. The van der Waals surface area contributed by atoms with Crippen molar-refractivity contribution in [3.05, 3.63) is 23.5 Å². The average molecular weight is 299 g/mol. The highest BCUT2D eigenvalue weighted by molar-refractivity contribution is 7.89. The molecule has 0 aliphatic carbocycles. The minimum atomic E-state index is -3.87. The third-order valence-electron chi connectivity index (χ3n) is 2.98. The van der Waals surface area contributed by atoms with Crippen molar-refractivity contribution >= 4 is 15.7 Å². The second-order valence-corrected chi connectivity index (χ2v) is 6.63. The van der Waals surface area contributed by atoms with Crippen LogP contribution in [0.3, 0.4) is 0 Å². The van der Waals surface area contributed by atoms with Crippen molar-refractivity contribution in [3.8, 4) is 6.07 Å². The summed E-state index contributed by atoms with van der Waals surface area (Å²) in [5, 5.41) is 8.61. The molecule has 0 radical (unpaired) electrons. The molecule has 0 atom stereocenters. The van der Waals surface area contributed by atoms with Gasteiger partial charge in [0.1, 0.15) is 5.82 Å². The molecule has 0 saturated heterocycles. The molecule has 0 unspecified atom stereocenters. The molecule has 110 valence electrons. The molecule has 0 saturated carbocycles. The van der Waals surface area contributed by atoms with Crippen molar-refractivity contribution in [3.63, 3.8) is 0 Å². The molecule has 0 bridgehead atoms. The van der Waals surface area contributed by atoms with Crippen LogP contribution in [0.5, 0.6) is 0 Å². The van der Waals surface area contributed by atoms with Crippen LogP contribution in [0.1, 0.15) is 25.8 Å². The maximum atomic E-state index is 13.7. The van der Waals surface area contributed by atoms with E-state index < -0.39 is 15.8 Å². The summed E-state index contributed by atoms with van der Waals surface area (Å²) in [7, 11) is -3.87. The molecule has 0 fully saturated rings. The van der Waals surface area contributed by atoms with E-state index in [1.165, 1.54) is 17.3 Å². The predicted molar refractivity (Wildman–Crippen MR) is 74.8 cm³/mol. The van der Waals surface area contributed by atoms with Gasteiger partial charge >= 0.3 is 0 Å². The van der Waals surface area contributed by atoms with Crippen molar-refractivity contribution in [1.29, 1.82) is 5.26 Å². The molecule has 5 nitrogen and oxygen atoms in total. The van der Waals surface area contributed by atoms with Crippen LogP contribution in [0.4, 0.5) is 10.1 Å². The van der Waals surface area contributed by atoms with E-state index in [1.807, 2.05) is 6.07 Å². The van der Waals surface area contributed by atoms with Crippen LogP contribution < -0.4 is 5.73 Å². The molecule has 0 aliphatic rings. The van der Waals surface area contributed by atoms with E-state index in [9.17, 15) is 12.8 Å². The Balaban J connectivity index is 3.30. The Morgan fingerprint density at radius 3 is 2.50 bits per heavy atom. The summed E-state index contributed by atoms with van der Waals surface area (Å²) in [5.41, 5.74) is 5.93. The standard InChI is InChI=1S/C13H18FN3O2S/c1-9(2)17(6-4-5-15)20(18,19)11-7-12(14)10(3)13(16)8-11/h7-9H,4,6,16H2,1-3H3. The quantitative estimate of drug-likeness (QED) is 0.843. The molecule has 1 aromatic carbocycles. The molecule has 0 aliphatic heterocycles. The number of benzene rings is 1. The minimum Gasteiger partial charge on any atom is -0.398 e. The molecule has 1 aromatic rings. The van der Waals surface area contributed by atoms with Crippen molar-refractivity contribution in [2.24, 2.45) is 0 Å². The largest absolute Gasteiger partial charge is 0.398 e. The van der Waals surface area contributed by atoms with E-state index in [0.717, 1.165) is 6.07 Å². The summed E-state index contributed by atoms with van der Waals surface area (Å²) >= 11 is 0. The van der Waals surface area contributed by atoms with Crippen LogP contribution in [0.25, 0.3) is 0 Å². The molecular formula is C13H18FN3O2S. The van der Waals surface area contributed by atoms with Gasteiger partial charge < -0.3 is 5.73 Å². The maximum Gasteiger partial charge on any atom is 0.243 e. The van der Waals surface area contributed by atoms with Gasteiger partial charge in [0.15, 0.2) is 0 Å². The molecule has 0 heterocycles. The second-order valence-electron chi connectivity index (χ2n) is 4.74. The Morgan fingerprint density at radius 2 is 2.05 bits per heavy atom. The highest BCUT2D eigenvalue weighted by Gasteiger charge is 2.27. The Bertz CT molecular complexity index is 613. The van der Waals surface area contributed by atoms with Crippen LogP contribution in [0, 0.1) is 24.1 Å². The van der Waals surface area contributed by atoms with Crippen molar-refractivity contribution in [2.75, 3.05) is 12.3 Å². The lowest BCUT2D eigenvalue weighted by Gasteiger charge is -2.25. The van der Waals surface area contributed by atoms with Gasteiger partial charge in [-0.25, -0.2) is 12.8 Å². The maximum absolute atomic E-state index is 13.7. The Morgan fingerprint density at radius 1 is 1.45 bits per heavy atom. The first-order valence-electron chi connectivity index (χ1n) is 6.16. The van der Waals surface area contributed by atoms with Gasteiger partial charge in [-0.15, -0.1) is 0 Å². The molecule has 7 heteroatoms. The summed E-state index contributed by atoms with van der Waals surface area (Å²) < 4.78 is 39.8. The number of nitrogens with zero attached hydrogens (tertiary/aromatic N) is 2. The summed E-state index contributed by atoms with van der Waals surface area (Å²) in [4.78, 5) is -0.190. The van der Waals surface area contributed by atoms with E-state index in [4.69, 9.17) is 11.0 Å². The van der Waals surface area contributed by atoms with Gasteiger partial charge in [-0.3, -0.25) is 0 Å². The van der Waals surface area contributed by atoms with E-state index in [0.29, 0.717) is 0 Å². The fraction of sp³-hybridized carbons (Fsp3) is 0.462. The number of nitriles is 1. The number of hydrogen-bond donors (Lipinski definition) is 1. The minimum absolute atomic E-state index is 0.0614. The monoisotopic (exact) mass is 299 g/mol. The Kier molecular flexibility index (Phi) is 5.09. The lowest BCUT2D eigenvalue weighted by atomic mass is 10.2. The van der Waals surface area contributed by atoms with E-state index >= 15 is 0 Å². The van der Waals surface area contributed by atoms with Gasteiger partial charge in [-0.1, -0.05) is 0 Å². The third kappa shape index (κ3) is 3.26. The normalized spacial score (nSPS) is 11.8. The lowest BCUT2D eigenvalue weighted by Crippen LogP contribution is -2.37. The van der Waals surface area contributed by atoms with Crippen molar-refractivity contribution in [2.45, 2.75) is 38.1 Å². The van der Waals surface area contributed by atoms with E-state index in [-0.39, 0.29) is 35.2 Å². The topological polar surface area (TPSA) is 87.2 Å². The zero-order valence-electron chi connectivity index (χ0n) is 11.7. The zero-order valence-corrected chi connectivity index (χ0v) is 12.5. The summed E-state index contributed by atoms with van der Waals surface area (Å²) in [6, 6.07) is 3.78. The average Bonchev–Trinajstić information content (AvgIpc) is 2.35. The van der Waals surface area contributed by atoms with Crippen LogP contribution in [-0.2, 0) is 10.0 Å². The van der Waals surface area contributed by atoms with Gasteiger partial charge in [0.25, 0.3) is 0 Å². The second kappa shape index (κ2) is 6.20. The summed E-state index contributed by atoms with van der Waals surface area (Å²) in [6.45, 7) is 4.94. The SMILES string of the molecule is Cc1c(N)cc(S(=O)(=O)N(CCC#N)C(C)C)cc1F. The first-order chi connectivity index (χ1) is 9.21. The number of nitrogens with two attached hydrogens (primary N) is 1. The van der Waals surface area contributed by atoms with E-state index in [2.05, 4.69) is 0 Å². The van der Waals surface area contributed by atoms with Gasteiger partial charge in [0.05, 0.1) is 11.0 Å². The third-order valence-corrected chi connectivity index (χ3v) is 5.04. The molecular weight excluding hydrogens is 281 g/mol. The number of sulfonamides is 1. The van der Waals surface area contributed by atoms with Crippen molar-refractivity contribution < 1.29 is 12.8 Å². The van der Waals surface area contributed by atoms with E-state index in [1.54, 1.807) is 13.8 Å². The fourth-order valence-electron chi connectivity index (χ4n) is 1.77. The first-order valence-corrected chi connectivity index (χ1v) is 7.60. The van der Waals surface area contributed by atoms with Crippen LogP contribution in [-0.4, -0.2) is 25.3 Å². The molecule has 1 rings (SSSR count). The number of hydrogen-bond acceptors (Lipinski definition) is 4. The fourth-order valence-corrected chi connectivity index (χ4v) is 3.46. The molecule has 0 amide bonds. The number of nitrogen functional groups attached to an aromatic ring is 1. The smallest absolute Gasteiger partial charge is 0.243 e. The highest BCUT2D eigenvalue weighted by atomic mass is 32.2. The van der Waals surface area contributed by atoms with Crippen molar-refractivity contribution in [1.82, 2.24) is 4.31 Å². The molecule has 20 heavy (non-hydrogen) atoms. The van der Waals surface area contributed by atoms with Crippen LogP contribution >= 0.6 is 0 Å². The number of anilines is 1. The number of halogens is 1. The Labute approximate surface area is 118 Å². The highest BCUT2D eigenvalue weighted by Crippen LogP contribution is 2.24. The van der Waals surface area contributed by atoms with Gasteiger partial charge in [0.2, 0.25) is 10.0 Å². The van der Waals surface area contributed by atoms with Crippen LogP contribution in [0.2, 0.25) is 0 Å². The summed E-state index contributed by atoms with van der Waals surface area (Å²) in [5.74, 6) is -0.660. The molecule has 2 N–H and O–H groups in total. The van der Waals surface area contributed by atoms with Gasteiger partial charge in [-0.05, 0) is 32.9 Å². The lowest BCUT2D eigenvalue weighted by molar-refractivity contribution is 0.360. The van der Waals surface area contributed by atoms with Gasteiger partial charge in [-0.2, -0.15) is 9.57 Å². The van der Waals surface area contributed by atoms with Gasteiger partial charge in [0, 0.05) is 30.3 Å². The summed E-state index contributed by atoms with van der Waals surface area (Å²) in [6.07, 6.45) is 0.0707. The predicted octanol–water partition coefficient (Wildman–Crippen LogP) is 2.03.